The summed E-state index contributed by atoms with van der Waals surface area (Å²) in [6.07, 6.45) is -50.0. The third-order valence-corrected chi connectivity index (χ3v) is 11.9. The molecule has 5 heterocycles. The second kappa shape index (κ2) is 28.5. The Kier molecular flexibility index (Phi) is 25.9. The van der Waals surface area contributed by atoms with Crippen LogP contribution in [-0.2, 0) is 71.5 Å². The van der Waals surface area contributed by atoms with Crippen molar-refractivity contribution in [2.75, 3.05) is 39.6 Å². The average molecular weight is 1080 g/mol. The number of hydrogen-bond donors (Lipinski definition) is 14. The Morgan fingerprint density at radius 3 is 1.46 bits per heavy atom. The van der Waals surface area contributed by atoms with Crippen molar-refractivity contribution in [3.63, 3.8) is 0 Å². The van der Waals surface area contributed by atoms with Crippen LogP contribution in [0.25, 0.3) is 10.4 Å². The summed E-state index contributed by atoms with van der Waals surface area (Å²) >= 11 is 0. The Labute approximate surface area is 445 Å². The summed E-state index contributed by atoms with van der Waals surface area (Å²) in [5.41, 5.74) is 8.47. The second-order valence-corrected chi connectivity index (χ2v) is 17.0. The molecule has 25 unspecified atom stereocenters. The van der Waals surface area contributed by atoms with E-state index in [1.165, 1.54) is 0 Å². The van der Waals surface area contributed by atoms with Crippen LogP contribution < -0.4 is 69.5 Å². The van der Waals surface area contributed by atoms with Gasteiger partial charge in [-0.05, 0) is 5.53 Å². The zero-order valence-corrected chi connectivity index (χ0v) is 42.5. The summed E-state index contributed by atoms with van der Waals surface area (Å²) < 4.78 is 93.4. The normalized spacial score (nSPS) is 44.0. The molecule has 398 valence electrons. The van der Waals surface area contributed by atoms with Crippen LogP contribution in [0, 0.1) is 0 Å². The van der Waals surface area contributed by atoms with Crippen molar-refractivity contribution >= 4 is 22.3 Å². The molecule has 0 saturated carbocycles. The van der Waals surface area contributed by atoms with E-state index >= 15 is 0 Å². The Bertz CT molecular complexity index is 1850. The zero-order chi connectivity index (χ0) is 51.2. The Hall–Kier alpha value is -0.800. The number of carboxylic acids is 1. The van der Waals surface area contributed by atoms with Crippen molar-refractivity contribution in [2.45, 2.75) is 160 Å². The molecule has 1 amide bonds. The maximum Gasteiger partial charge on any atom is 1.00 e. The third kappa shape index (κ3) is 15.5. The van der Waals surface area contributed by atoms with Crippen molar-refractivity contribution in [3.8, 4) is 0 Å². The van der Waals surface area contributed by atoms with Crippen LogP contribution in [0.2, 0.25) is 0 Å². The molecular weight excluding hydrogens is 1020 g/mol. The van der Waals surface area contributed by atoms with Gasteiger partial charge in [0.1, 0.15) is 122 Å². The van der Waals surface area contributed by atoms with Gasteiger partial charge in [0.25, 0.3) is 0 Å². The van der Waals surface area contributed by atoms with Gasteiger partial charge in [-0.15, -0.1) is 0 Å². The molecule has 5 aliphatic heterocycles. The maximum absolute atomic E-state index is 12.5. The fraction of sp³-hybridized carbons (Fsp3) is 0.941. The van der Waals surface area contributed by atoms with Crippen LogP contribution in [0.3, 0.4) is 0 Å². The molecule has 5 rings (SSSR count). The van der Waals surface area contributed by atoms with E-state index in [4.69, 9.17) is 52.9 Å². The van der Waals surface area contributed by atoms with E-state index in [-0.39, 0.29) is 72.3 Å². The molecule has 14 N–H and O–H groups in total. The number of hydrogen-bond acceptors (Lipinski definition) is 31. The van der Waals surface area contributed by atoms with Gasteiger partial charge in [0, 0.05) is 18.4 Å². The molecule has 37 heteroatoms. The first-order chi connectivity index (χ1) is 32.5. The fourth-order valence-electron chi connectivity index (χ4n) is 8.02. The van der Waals surface area contributed by atoms with Gasteiger partial charge in [-0.2, -0.15) is 0 Å². The summed E-state index contributed by atoms with van der Waals surface area (Å²) in [5, 5.41) is 157. The molecule has 0 aliphatic carbocycles. The Morgan fingerprint density at radius 2 is 1.01 bits per heavy atom. The van der Waals surface area contributed by atoms with Crippen molar-refractivity contribution in [1.29, 1.82) is 0 Å². The number of carbonyl (C=O) groups excluding carboxylic acids is 2. The van der Waals surface area contributed by atoms with E-state index in [1.54, 1.807) is 0 Å². The van der Waals surface area contributed by atoms with Crippen LogP contribution in [0.4, 0.5) is 0 Å². The molecule has 0 spiro atoms. The minimum Gasteiger partial charge on any atom is -0.726 e. The van der Waals surface area contributed by atoms with Crippen LogP contribution in [-0.4, -0.2) is 284 Å². The Balaban J connectivity index is 0.00000666. The van der Waals surface area contributed by atoms with Crippen molar-refractivity contribution in [3.05, 3.63) is 10.4 Å². The largest absolute Gasteiger partial charge is 1.00 e. The number of ether oxygens (including phenoxy) is 10. The third-order valence-electron chi connectivity index (χ3n) is 11.4. The monoisotopic (exact) mass is 1080 g/mol. The molecular formula is C34H54N4Na2O30S. The molecule has 25 atom stereocenters. The number of nitrogens with one attached hydrogen (secondary N) is 1. The summed E-state index contributed by atoms with van der Waals surface area (Å²) in [7, 11) is -5.76. The number of carboxylic acid groups (broad SMARTS) is 1. The van der Waals surface area contributed by atoms with Crippen LogP contribution in [0.15, 0.2) is 5.11 Å². The predicted molar refractivity (Wildman–Crippen MR) is 202 cm³/mol. The first-order valence-electron chi connectivity index (χ1n) is 20.7. The van der Waals surface area contributed by atoms with E-state index in [1.807, 2.05) is 0 Å². The van der Waals surface area contributed by atoms with Crippen LogP contribution in [0.1, 0.15) is 6.92 Å². The number of aliphatic hydroxyl groups is 13. The van der Waals surface area contributed by atoms with Crippen molar-refractivity contribution in [1.82, 2.24) is 5.32 Å². The number of amides is 1. The topological polar surface area (TPSA) is 540 Å². The molecule has 5 fully saturated rings. The van der Waals surface area contributed by atoms with Gasteiger partial charge < -0.3 is 134 Å². The van der Waals surface area contributed by atoms with Crippen molar-refractivity contribution in [2.24, 2.45) is 5.11 Å². The summed E-state index contributed by atoms with van der Waals surface area (Å²) in [4.78, 5) is 26.8. The van der Waals surface area contributed by atoms with Gasteiger partial charge >= 0.3 is 59.1 Å². The smallest absolute Gasteiger partial charge is 0.726 e. The van der Waals surface area contributed by atoms with Crippen LogP contribution in [0.5, 0.6) is 0 Å². The van der Waals surface area contributed by atoms with Gasteiger partial charge in [-0.1, -0.05) is 5.11 Å². The summed E-state index contributed by atoms with van der Waals surface area (Å²) in [5.74, 6) is -3.14. The maximum atomic E-state index is 12.5. The number of nitrogens with zero attached hydrogens (tertiary/aromatic N) is 3. The summed E-state index contributed by atoms with van der Waals surface area (Å²) in [6, 6.07) is -1.84. The average Bonchev–Trinajstić information content (AvgIpc) is 3.29. The number of azide groups is 1. The molecule has 0 aromatic rings. The van der Waals surface area contributed by atoms with Gasteiger partial charge in [0.15, 0.2) is 31.5 Å². The second-order valence-electron chi connectivity index (χ2n) is 16.0. The quantitative estimate of drug-likeness (QED) is 0.0102. The Morgan fingerprint density at radius 1 is 0.592 bits per heavy atom. The van der Waals surface area contributed by atoms with Crippen LogP contribution >= 0.6 is 0 Å². The molecule has 0 radical (unpaired) electrons. The molecule has 34 nitrogen and oxygen atoms in total. The van der Waals surface area contributed by atoms with Gasteiger partial charge in [0.05, 0.1) is 39.0 Å². The molecule has 71 heavy (non-hydrogen) atoms. The SMILES string of the molecule is CC(=O)NC1C(OC2C(O)C(CO)OC(OC3C(CO)OC(OCCN=[N+]=[N-])C(O)C3O)C2O)OC(CO)C(OC2OC(CO)C(O)C(OC3OC(C(=O)[O-])C(O)C(OS(=O)(=O)[O-])C3O)C2O)C1O.[Na+].[Na+]. The predicted octanol–water partition coefficient (Wildman–Crippen LogP) is -18.2. The number of rotatable bonds is 20. The number of aliphatic carboxylic acids is 1. The molecule has 5 saturated heterocycles. The van der Waals surface area contributed by atoms with Gasteiger partial charge in [-0.25, -0.2) is 8.42 Å². The standard InChI is InChI=1S/C34H56N4O30S.2Na/c1-8(43)37-13-16(46)23(63-32-21(51)26(15(45)10(5-40)59-32)66-34-22(52)27(68-69(55,56)57)19(49)28(67-34)29(53)54)11(6-41)61-30(13)65-25-14(44)9(4-39)60-33(20(25)50)64-24-12(7-42)62-31(18(48)17(24)47)58-3-2-36-38-35;;/h9-28,30-34,39-42,44-52H,2-7H2,1H3,(H,37,43)(H,53,54)(H,55,56,57);;/q;2*+1/p-2. The van der Waals surface area contributed by atoms with E-state index in [0.29, 0.717) is 0 Å². The molecule has 0 aromatic carbocycles. The van der Waals surface area contributed by atoms with E-state index in [9.17, 15) is 94.1 Å². The zero-order valence-electron chi connectivity index (χ0n) is 37.7. The summed E-state index contributed by atoms with van der Waals surface area (Å²) in [6.45, 7) is -3.64. The van der Waals surface area contributed by atoms with E-state index < -0.39 is 202 Å². The van der Waals surface area contributed by atoms with Gasteiger partial charge in [-0.3, -0.25) is 8.98 Å². The van der Waals surface area contributed by atoms with Crippen molar-refractivity contribution < 1.29 is 205 Å². The minimum atomic E-state index is -5.76. The fourth-order valence-corrected chi connectivity index (χ4v) is 8.52. The van der Waals surface area contributed by atoms with Gasteiger partial charge in [0.2, 0.25) is 16.3 Å². The van der Waals surface area contributed by atoms with E-state index in [2.05, 4.69) is 19.5 Å². The number of carbonyl (C=O) groups is 2. The molecule has 0 bridgehead atoms. The first kappa shape index (κ1) is 64.5. The molecule has 5 aliphatic rings. The molecule has 0 aromatic heterocycles. The van der Waals surface area contributed by atoms with E-state index in [0.717, 1.165) is 6.92 Å². The number of aliphatic hydroxyl groups excluding tert-OH is 13. The minimum absolute atomic E-state index is 0. The first-order valence-corrected chi connectivity index (χ1v) is 22.0.